The molecule has 0 spiro atoms. The molecule has 1 aromatic carbocycles. The summed E-state index contributed by atoms with van der Waals surface area (Å²) in [6.07, 6.45) is 4.94. The van der Waals surface area contributed by atoms with Gasteiger partial charge in [0.1, 0.15) is 11.9 Å². The number of aryl methyl sites for hydroxylation is 1. The van der Waals surface area contributed by atoms with Crippen LogP contribution in [0.15, 0.2) is 54.2 Å². The van der Waals surface area contributed by atoms with Crippen LogP contribution in [0.1, 0.15) is 30.6 Å². The predicted molar refractivity (Wildman–Crippen MR) is 91.5 cm³/mol. The van der Waals surface area contributed by atoms with E-state index < -0.39 is 0 Å². The number of benzene rings is 1. The number of hydrogen-bond acceptors (Lipinski definition) is 4. The van der Waals surface area contributed by atoms with Crippen molar-refractivity contribution >= 4 is 5.82 Å². The van der Waals surface area contributed by atoms with E-state index in [1.807, 2.05) is 35.5 Å². The summed E-state index contributed by atoms with van der Waals surface area (Å²) < 4.78 is 5.24. The maximum atomic E-state index is 6.25. The molecule has 0 saturated heterocycles. The van der Waals surface area contributed by atoms with Crippen molar-refractivity contribution in [1.29, 1.82) is 0 Å². The van der Waals surface area contributed by atoms with Gasteiger partial charge in [0, 0.05) is 6.20 Å². The van der Waals surface area contributed by atoms with Gasteiger partial charge in [0.15, 0.2) is 5.82 Å². The summed E-state index contributed by atoms with van der Waals surface area (Å²) in [6, 6.07) is 12.1. The average molecular weight is 310 g/mol. The van der Waals surface area contributed by atoms with Crippen LogP contribution in [-0.4, -0.2) is 18.6 Å². The fourth-order valence-corrected chi connectivity index (χ4v) is 2.73. The van der Waals surface area contributed by atoms with Gasteiger partial charge >= 0.3 is 0 Å². The molecule has 0 fully saturated rings. The Kier molecular flexibility index (Phi) is 4.63. The van der Waals surface area contributed by atoms with E-state index in [0.29, 0.717) is 6.54 Å². The monoisotopic (exact) mass is 310 g/mol. The minimum atomic E-state index is -0.0815. The Labute approximate surface area is 137 Å². The zero-order valence-corrected chi connectivity index (χ0v) is 13.8. The summed E-state index contributed by atoms with van der Waals surface area (Å²) >= 11 is 0. The van der Waals surface area contributed by atoms with E-state index >= 15 is 0 Å². The standard InChI is InChI=1S/C19H22N2O2/c1-4-15-10-12-21(18-13-14(2)9-11-20-18)23-19(15)16-5-7-17(22-3)8-6-16/h5-11,13,19H,4,12H2,1-3H3/t19-/m0/s1. The Morgan fingerprint density at radius 3 is 2.70 bits per heavy atom. The first-order chi connectivity index (χ1) is 11.2. The van der Waals surface area contributed by atoms with Crippen LogP contribution in [0.5, 0.6) is 5.75 Å². The molecule has 0 aliphatic carbocycles. The number of ether oxygens (including phenoxy) is 1. The molecule has 1 atom stereocenters. The second kappa shape index (κ2) is 6.84. The lowest BCUT2D eigenvalue weighted by molar-refractivity contribution is 0.0464. The molecule has 0 saturated carbocycles. The number of methoxy groups -OCH3 is 1. The summed E-state index contributed by atoms with van der Waals surface area (Å²) in [5.74, 6) is 1.69. The Balaban J connectivity index is 1.88. The van der Waals surface area contributed by atoms with E-state index in [0.717, 1.165) is 23.6 Å². The minimum Gasteiger partial charge on any atom is -0.497 e. The molecule has 0 bridgehead atoms. The summed E-state index contributed by atoms with van der Waals surface area (Å²) in [5.41, 5.74) is 3.58. The molecule has 1 aromatic heterocycles. The van der Waals surface area contributed by atoms with Crippen molar-refractivity contribution in [1.82, 2.24) is 4.98 Å². The first-order valence-electron chi connectivity index (χ1n) is 7.91. The van der Waals surface area contributed by atoms with Crippen molar-refractivity contribution in [3.8, 4) is 5.75 Å². The van der Waals surface area contributed by atoms with Crippen LogP contribution in [0.4, 0.5) is 5.82 Å². The molecule has 120 valence electrons. The molecular weight excluding hydrogens is 288 g/mol. The number of aromatic nitrogens is 1. The van der Waals surface area contributed by atoms with E-state index in [9.17, 15) is 0 Å². The molecule has 3 rings (SSSR count). The normalized spacial score (nSPS) is 17.8. The van der Waals surface area contributed by atoms with Gasteiger partial charge in [-0.05, 0) is 54.3 Å². The van der Waals surface area contributed by atoms with Crippen molar-refractivity contribution in [2.24, 2.45) is 0 Å². The zero-order chi connectivity index (χ0) is 16.2. The van der Waals surface area contributed by atoms with Crippen LogP contribution in [0.25, 0.3) is 0 Å². The number of nitrogens with zero attached hydrogens (tertiary/aromatic N) is 2. The molecule has 2 heterocycles. The summed E-state index contributed by atoms with van der Waals surface area (Å²) in [5, 5.41) is 1.86. The van der Waals surface area contributed by atoms with Crippen LogP contribution < -0.4 is 9.80 Å². The van der Waals surface area contributed by atoms with Crippen LogP contribution in [0, 0.1) is 6.92 Å². The number of anilines is 1. The van der Waals surface area contributed by atoms with Gasteiger partial charge in [0.05, 0.1) is 13.7 Å². The molecule has 1 aliphatic rings. The average Bonchev–Trinajstić information content (AvgIpc) is 2.61. The van der Waals surface area contributed by atoms with Crippen molar-refractivity contribution in [3.63, 3.8) is 0 Å². The summed E-state index contributed by atoms with van der Waals surface area (Å²) in [4.78, 5) is 10.7. The Morgan fingerprint density at radius 1 is 1.26 bits per heavy atom. The first-order valence-corrected chi connectivity index (χ1v) is 7.91. The molecule has 1 aliphatic heterocycles. The molecule has 4 nitrogen and oxygen atoms in total. The molecule has 23 heavy (non-hydrogen) atoms. The third-order valence-electron chi connectivity index (χ3n) is 4.07. The topological polar surface area (TPSA) is 34.6 Å². The zero-order valence-electron chi connectivity index (χ0n) is 13.8. The number of hydrogen-bond donors (Lipinski definition) is 0. The summed E-state index contributed by atoms with van der Waals surface area (Å²) in [7, 11) is 1.68. The van der Waals surface area contributed by atoms with Gasteiger partial charge in [-0.25, -0.2) is 10.0 Å². The van der Waals surface area contributed by atoms with E-state index in [1.54, 1.807) is 7.11 Å². The Hall–Kier alpha value is -2.33. The fraction of sp³-hybridized carbons (Fsp3) is 0.316. The van der Waals surface area contributed by atoms with Gasteiger partial charge in [0.2, 0.25) is 0 Å². The summed E-state index contributed by atoms with van der Waals surface area (Å²) in [6.45, 7) is 4.93. The fourth-order valence-electron chi connectivity index (χ4n) is 2.73. The van der Waals surface area contributed by atoms with Gasteiger partial charge in [0.25, 0.3) is 0 Å². The smallest absolute Gasteiger partial charge is 0.152 e. The lowest BCUT2D eigenvalue weighted by atomic mass is 9.98. The maximum absolute atomic E-state index is 6.25. The SMILES string of the molecule is CCC1=CCN(c2cc(C)ccn2)O[C@@H]1c1ccc(OC)cc1. The second-order valence-corrected chi connectivity index (χ2v) is 5.64. The van der Waals surface area contributed by atoms with Crippen molar-refractivity contribution in [2.45, 2.75) is 26.4 Å². The van der Waals surface area contributed by atoms with E-state index in [-0.39, 0.29) is 6.10 Å². The molecular formula is C19H22N2O2. The van der Waals surface area contributed by atoms with Crippen LogP contribution in [0.3, 0.4) is 0 Å². The van der Waals surface area contributed by atoms with Gasteiger partial charge in [-0.2, -0.15) is 0 Å². The molecule has 0 unspecified atom stereocenters. The molecule has 0 N–H and O–H groups in total. The molecule has 0 amide bonds. The Bertz CT molecular complexity index is 695. The third-order valence-corrected chi connectivity index (χ3v) is 4.07. The highest BCUT2D eigenvalue weighted by Crippen LogP contribution is 2.34. The lowest BCUT2D eigenvalue weighted by Crippen LogP contribution is -2.32. The molecule has 2 aromatic rings. The highest BCUT2D eigenvalue weighted by Gasteiger charge is 2.25. The molecule has 4 heteroatoms. The van der Waals surface area contributed by atoms with Crippen LogP contribution in [-0.2, 0) is 4.84 Å². The van der Waals surface area contributed by atoms with Crippen molar-refractivity contribution < 1.29 is 9.57 Å². The number of hydroxylamine groups is 1. The maximum Gasteiger partial charge on any atom is 0.152 e. The number of rotatable bonds is 4. The molecule has 0 radical (unpaired) electrons. The van der Waals surface area contributed by atoms with E-state index in [4.69, 9.17) is 9.57 Å². The Morgan fingerprint density at radius 2 is 2.04 bits per heavy atom. The number of pyridine rings is 1. The van der Waals surface area contributed by atoms with Crippen LogP contribution in [0.2, 0.25) is 0 Å². The van der Waals surface area contributed by atoms with Crippen molar-refractivity contribution in [3.05, 3.63) is 65.4 Å². The second-order valence-electron chi connectivity index (χ2n) is 5.64. The quantitative estimate of drug-likeness (QED) is 0.792. The minimum absolute atomic E-state index is 0.0815. The van der Waals surface area contributed by atoms with Crippen molar-refractivity contribution in [2.75, 3.05) is 18.7 Å². The lowest BCUT2D eigenvalue weighted by Gasteiger charge is -2.33. The van der Waals surface area contributed by atoms with E-state index in [2.05, 4.69) is 37.0 Å². The predicted octanol–water partition coefficient (Wildman–Crippen LogP) is 4.23. The van der Waals surface area contributed by atoms with E-state index in [1.165, 1.54) is 11.1 Å². The van der Waals surface area contributed by atoms with Crippen LogP contribution >= 0.6 is 0 Å². The van der Waals surface area contributed by atoms with Gasteiger partial charge in [-0.15, -0.1) is 0 Å². The van der Waals surface area contributed by atoms with Gasteiger partial charge in [-0.1, -0.05) is 25.1 Å². The van der Waals surface area contributed by atoms with Gasteiger partial charge < -0.3 is 4.74 Å². The largest absolute Gasteiger partial charge is 0.497 e. The first kappa shape index (κ1) is 15.6. The highest BCUT2D eigenvalue weighted by molar-refractivity contribution is 5.42. The highest BCUT2D eigenvalue weighted by atomic mass is 16.7. The van der Waals surface area contributed by atoms with Gasteiger partial charge in [-0.3, -0.25) is 4.84 Å². The third kappa shape index (κ3) is 3.37.